The smallest absolute Gasteiger partial charge is 0.161 e. The number of hydrogen-bond donors (Lipinski definition) is 1. The first-order valence-corrected chi connectivity index (χ1v) is 5.71. The van der Waals surface area contributed by atoms with Crippen LogP contribution in [0.4, 0.5) is 0 Å². The summed E-state index contributed by atoms with van der Waals surface area (Å²) in [6.07, 6.45) is 7.24. The van der Waals surface area contributed by atoms with Crippen molar-refractivity contribution in [3.05, 3.63) is 35.8 Å². The van der Waals surface area contributed by atoms with E-state index in [1.165, 1.54) is 0 Å². The quantitative estimate of drug-likeness (QED) is 0.787. The zero-order chi connectivity index (χ0) is 12.4. The maximum Gasteiger partial charge on any atom is 0.161 e. The maximum atomic E-state index is 8.90. The Morgan fingerprint density at radius 2 is 2.00 bits per heavy atom. The predicted octanol–water partition coefficient (Wildman–Crippen LogP) is 2.78. The van der Waals surface area contributed by atoms with Gasteiger partial charge in [-0.15, -0.1) is 0 Å². The van der Waals surface area contributed by atoms with Gasteiger partial charge in [0.05, 0.1) is 6.61 Å². The lowest BCUT2D eigenvalue weighted by Crippen LogP contribution is -2.29. The zero-order valence-corrected chi connectivity index (χ0v) is 10.6. The Kier molecular flexibility index (Phi) is 8.35. The molecule has 1 saturated heterocycles. The minimum atomic E-state index is -0.246. The first-order chi connectivity index (χ1) is 7.81. The second-order valence-corrected chi connectivity index (χ2v) is 2.94. The van der Waals surface area contributed by atoms with Crippen molar-refractivity contribution in [3.8, 4) is 0 Å². The molecule has 92 valence electrons. The molecule has 3 nitrogen and oxygen atoms in total. The van der Waals surface area contributed by atoms with Crippen molar-refractivity contribution in [3.63, 3.8) is 0 Å². The Morgan fingerprint density at radius 3 is 2.50 bits per heavy atom. The van der Waals surface area contributed by atoms with E-state index >= 15 is 0 Å². The second kappa shape index (κ2) is 9.04. The van der Waals surface area contributed by atoms with Crippen LogP contribution in [0.25, 0.3) is 0 Å². The molecular formula is C13H22O3. The van der Waals surface area contributed by atoms with Crippen LogP contribution in [-0.4, -0.2) is 24.4 Å². The molecule has 0 aliphatic carbocycles. The van der Waals surface area contributed by atoms with E-state index in [2.05, 4.69) is 0 Å². The van der Waals surface area contributed by atoms with Gasteiger partial charge in [-0.3, -0.25) is 0 Å². The third-order valence-corrected chi connectivity index (χ3v) is 1.87. The van der Waals surface area contributed by atoms with Gasteiger partial charge in [0.25, 0.3) is 0 Å². The van der Waals surface area contributed by atoms with E-state index < -0.39 is 0 Å². The Balaban J connectivity index is 0.00000106. The van der Waals surface area contributed by atoms with Crippen LogP contribution in [0.2, 0.25) is 0 Å². The van der Waals surface area contributed by atoms with E-state index in [4.69, 9.17) is 14.6 Å². The van der Waals surface area contributed by atoms with Crippen molar-refractivity contribution < 1.29 is 14.6 Å². The molecule has 0 bridgehead atoms. The summed E-state index contributed by atoms with van der Waals surface area (Å²) in [7, 11) is 0. The third-order valence-electron chi connectivity index (χ3n) is 1.87. The van der Waals surface area contributed by atoms with Crippen molar-refractivity contribution in [2.45, 2.75) is 33.8 Å². The lowest BCUT2D eigenvalue weighted by molar-refractivity contribution is -0.0339. The normalized spacial score (nSPS) is 24.9. The van der Waals surface area contributed by atoms with Crippen molar-refractivity contribution in [2.24, 2.45) is 0 Å². The molecule has 0 spiro atoms. The van der Waals surface area contributed by atoms with Gasteiger partial charge < -0.3 is 14.6 Å². The lowest BCUT2D eigenvalue weighted by Gasteiger charge is -2.26. The topological polar surface area (TPSA) is 38.7 Å². The van der Waals surface area contributed by atoms with Crippen LogP contribution in [0, 0.1) is 0 Å². The molecule has 0 saturated carbocycles. The van der Waals surface area contributed by atoms with Gasteiger partial charge in [-0.1, -0.05) is 26.0 Å². The monoisotopic (exact) mass is 226 g/mol. The highest BCUT2D eigenvalue weighted by Gasteiger charge is 2.21. The summed E-state index contributed by atoms with van der Waals surface area (Å²) in [4.78, 5) is 0. The highest BCUT2D eigenvalue weighted by Crippen LogP contribution is 2.21. The van der Waals surface area contributed by atoms with E-state index in [-0.39, 0.29) is 12.7 Å². The fraction of sp³-hybridized carbons (Fsp3) is 0.538. The Hall–Kier alpha value is -1.22. The van der Waals surface area contributed by atoms with E-state index in [0.29, 0.717) is 12.4 Å². The molecule has 1 heterocycles. The summed E-state index contributed by atoms with van der Waals surface area (Å²) in [6.45, 7) is 8.19. The number of aliphatic hydroxyl groups is 1. The molecule has 1 aliphatic rings. The van der Waals surface area contributed by atoms with Crippen LogP contribution in [0.1, 0.15) is 27.7 Å². The van der Waals surface area contributed by atoms with Crippen LogP contribution >= 0.6 is 0 Å². The van der Waals surface area contributed by atoms with Crippen molar-refractivity contribution >= 4 is 0 Å². The van der Waals surface area contributed by atoms with E-state index in [1.54, 1.807) is 0 Å². The van der Waals surface area contributed by atoms with Crippen LogP contribution in [0.3, 0.4) is 0 Å². The van der Waals surface area contributed by atoms with E-state index in [0.717, 1.165) is 5.76 Å². The Labute approximate surface area is 98.1 Å². The molecule has 0 radical (unpaired) electrons. The molecule has 1 aliphatic heterocycles. The van der Waals surface area contributed by atoms with Gasteiger partial charge in [0.1, 0.15) is 6.61 Å². The Morgan fingerprint density at radius 1 is 1.31 bits per heavy atom. The van der Waals surface area contributed by atoms with Crippen LogP contribution < -0.4 is 0 Å². The second-order valence-electron chi connectivity index (χ2n) is 2.94. The van der Waals surface area contributed by atoms with E-state index in [1.807, 2.05) is 52.0 Å². The molecule has 0 aromatic heterocycles. The summed E-state index contributed by atoms with van der Waals surface area (Å²) >= 11 is 0. The van der Waals surface area contributed by atoms with Crippen molar-refractivity contribution in [1.29, 1.82) is 0 Å². The summed E-state index contributed by atoms with van der Waals surface area (Å²) < 4.78 is 10.9. The zero-order valence-electron chi connectivity index (χ0n) is 10.6. The van der Waals surface area contributed by atoms with Crippen LogP contribution in [-0.2, 0) is 9.47 Å². The van der Waals surface area contributed by atoms with Gasteiger partial charge in [-0.05, 0) is 26.0 Å². The minimum absolute atomic E-state index is 0.0196. The van der Waals surface area contributed by atoms with Crippen molar-refractivity contribution in [1.82, 2.24) is 0 Å². The molecule has 1 N–H and O–H groups in total. The Bertz CT molecular complexity index is 264. The number of aliphatic hydroxyl groups excluding tert-OH is 1. The summed E-state index contributed by atoms with van der Waals surface area (Å²) in [5.41, 5.74) is 0. The molecule has 1 rings (SSSR count). The summed E-state index contributed by atoms with van der Waals surface area (Å²) in [5.74, 6) is 1.41. The summed E-state index contributed by atoms with van der Waals surface area (Å²) in [6, 6.07) is 0. The van der Waals surface area contributed by atoms with Gasteiger partial charge in [-0.2, -0.15) is 0 Å². The number of hydrogen-bond acceptors (Lipinski definition) is 3. The highest BCUT2D eigenvalue weighted by molar-refractivity contribution is 5.25. The lowest BCUT2D eigenvalue weighted by atomic mass is 10.3. The molecule has 0 amide bonds. The molecule has 0 aromatic carbocycles. The van der Waals surface area contributed by atoms with Gasteiger partial charge in [0.15, 0.2) is 17.6 Å². The molecule has 1 atom stereocenters. The molecule has 3 heteroatoms. The standard InChI is InChI=1S/C11H16O3.C2H6/c1-3-5-6-11-10(4-2)14-9(7-12)8-13-11;1-2/h3-6,9,12H,7-8H2,1-2H3;1-2H3/b5-3-,10-4+,11-6+;. The van der Waals surface area contributed by atoms with Gasteiger partial charge in [-0.25, -0.2) is 0 Å². The number of rotatable bonds is 2. The van der Waals surface area contributed by atoms with Crippen molar-refractivity contribution in [2.75, 3.05) is 13.2 Å². The van der Waals surface area contributed by atoms with Crippen LogP contribution in [0.15, 0.2) is 35.8 Å². The predicted molar refractivity (Wildman–Crippen MR) is 65.9 cm³/mol. The number of ether oxygens (including phenoxy) is 2. The molecule has 16 heavy (non-hydrogen) atoms. The minimum Gasteiger partial charge on any atom is -0.486 e. The van der Waals surface area contributed by atoms with Gasteiger partial charge in [0.2, 0.25) is 0 Å². The van der Waals surface area contributed by atoms with E-state index in [9.17, 15) is 0 Å². The summed E-state index contributed by atoms with van der Waals surface area (Å²) in [5, 5.41) is 8.90. The fourth-order valence-corrected chi connectivity index (χ4v) is 1.14. The fourth-order valence-electron chi connectivity index (χ4n) is 1.14. The number of allylic oxidation sites excluding steroid dienone is 4. The van der Waals surface area contributed by atoms with Gasteiger partial charge >= 0.3 is 0 Å². The molecular weight excluding hydrogens is 204 g/mol. The van der Waals surface area contributed by atoms with Crippen LogP contribution in [0.5, 0.6) is 0 Å². The third kappa shape index (κ3) is 4.53. The molecule has 0 aromatic rings. The molecule has 1 fully saturated rings. The van der Waals surface area contributed by atoms with Gasteiger partial charge in [0, 0.05) is 0 Å². The molecule has 1 unspecified atom stereocenters. The maximum absolute atomic E-state index is 8.90. The first-order valence-electron chi connectivity index (χ1n) is 5.71. The average molecular weight is 226 g/mol. The highest BCUT2D eigenvalue weighted by atomic mass is 16.6. The largest absolute Gasteiger partial charge is 0.486 e. The first kappa shape index (κ1) is 14.8. The SMILES string of the molecule is CC.C\C=C/C=C1/OCC(CO)O/C1=C/C. The average Bonchev–Trinajstić information content (AvgIpc) is 2.38.